The Morgan fingerprint density at radius 1 is 1.03 bits per heavy atom. The third-order valence-electron chi connectivity index (χ3n) is 5.56. The van der Waals surface area contributed by atoms with E-state index < -0.39 is 0 Å². The zero-order valence-electron chi connectivity index (χ0n) is 18.1. The second-order valence-electron chi connectivity index (χ2n) is 7.75. The predicted octanol–water partition coefficient (Wildman–Crippen LogP) is 6.39. The van der Waals surface area contributed by atoms with E-state index in [4.69, 9.17) is 4.74 Å². The number of para-hydroxylation sites is 2. The minimum Gasteiger partial charge on any atom is -0.492 e. The molecule has 2 aromatic heterocycles. The number of aromatic nitrogens is 2. The molecule has 0 aliphatic rings. The van der Waals surface area contributed by atoms with Gasteiger partial charge in [-0.15, -0.1) is 0 Å². The summed E-state index contributed by atoms with van der Waals surface area (Å²) in [6.07, 6.45) is 3.98. The van der Waals surface area contributed by atoms with Gasteiger partial charge in [0, 0.05) is 22.7 Å². The molecule has 0 bridgehead atoms. The number of aryl methyl sites for hydroxylation is 2. The molecular formula is C26H24N4OS. The molecule has 0 spiro atoms. The van der Waals surface area contributed by atoms with E-state index in [1.807, 2.05) is 30.5 Å². The monoisotopic (exact) mass is 440 g/mol. The van der Waals surface area contributed by atoms with Crippen LogP contribution in [0, 0.1) is 13.8 Å². The Labute approximate surface area is 191 Å². The van der Waals surface area contributed by atoms with E-state index >= 15 is 0 Å². The molecule has 5 aromatic rings. The van der Waals surface area contributed by atoms with Crippen LogP contribution in [0.5, 0.6) is 5.75 Å². The van der Waals surface area contributed by atoms with Gasteiger partial charge in [-0.25, -0.2) is 4.98 Å². The number of thiazole rings is 1. The van der Waals surface area contributed by atoms with E-state index in [2.05, 4.69) is 82.6 Å². The Kier molecular flexibility index (Phi) is 5.60. The fraction of sp³-hybridized carbons (Fsp3) is 0.154. The first kappa shape index (κ1) is 20.3. The number of hydrazone groups is 1. The number of rotatable bonds is 7. The minimum absolute atomic E-state index is 0.599. The minimum atomic E-state index is 0.599. The summed E-state index contributed by atoms with van der Waals surface area (Å²) in [5.41, 5.74) is 8.79. The number of nitrogens with zero attached hydrogens (tertiary/aromatic N) is 3. The lowest BCUT2D eigenvalue weighted by molar-refractivity contribution is 0.300. The van der Waals surface area contributed by atoms with Crippen LogP contribution >= 0.6 is 11.3 Å². The van der Waals surface area contributed by atoms with Gasteiger partial charge in [0.15, 0.2) is 0 Å². The van der Waals surface area contributed by atoms with Crippen LogP contribution in [0.15, 0.2) is 78.0 Å². The quantitative estimate of drug-likeness (QED) is 0.236. The van der Waals surface area contributed by atoms with Gasteiger partial charge in [0.25, 0.3) is 0 Å². The second kappa shape index (κ2) is 8.85. The van der Waals surface area contributed by atoms with Crippen molar-refractivity contribution in [2.24, 2.45) is 5.10 Å². The molecule has 0 atom stereocenters. The molecular weight excluding hydrogens is 416 g/mol. The molecule has 160 valence electrons. The van der Waals surface area contributed by atoms with Crippen LogP contribution in [-0.4, -0.2) is 22.4 Å². The molecule has 3 aromatic carbocycles. The van der Waals surface area contributed by atoms with Crippen molar-refractivity contribution in [3.63, 3.8) is 0 Å². The van der Waals surface area contributed by atoms with Crippen molar-refractivity contribution in [3.8, 4) is 5.75 Å². The maximum absolute atomic E-state index is 6.00. The molecule has 0 aliphatic carbocycles. The van der Waals surface area contributed by atoms with Crippen LogP contribution in [0.3, 0.4) is 0 Å². The van der Waals surface area contributed by atoms with Crippen molar-refractivity contribution in [1.82, 2.24) is 9.55 Å². The number of hydrogen-bond acceptors (Lipinski definition) is 5. The Balaban J connectivity index is 1.30. The first-order valence-electron chi connectivity index (χ1n) is 10.6. The maximum atomic E-state index is 6.00. The van der Waals surface area contributed by atoms with Crippen molar-refractivity contribution in [3.05, 3.63) is 89.6 Å². The lowest BCUT2D eigenvalue weighted by atomic mass is 10.1. The number of benzene rings is 3. The highest BCUT2D eigenvalue weighted by Crippen LogP contribution is 2.25. The highest BCUT2D eigenvalue weighted by Gasteiger charge is 2.07. The second-order valence-corrected chi connectivity index (χ2v) is 8.78. The van der Waals surface area contributed by atoms with Gasteiger partial charge >= 0.3 is 0 Å². The molecule has 2 heterocycles. The van der Waals surface area contributed by atoms with Gasteiger partial charge < -0.3 is 9.30 Å². The number of anilines is 1. The van der Waals surface area contributed by atoms with Crippen molar-refractivity contribution in [2.45, 2.75) is 20.4 Å². The summed E-state index contributed by atoms with van der Waals surface area (Å²) in [6.45, 7) is 5.57. The normalized spacial score (nSPS) is 11.6. The van der Waals surface area contributed by atoms with Gasteiger partial charge in [-0.3, -0.25) is 5.43 Å². The standard InChI is InChI=1S/C26H24N4OS/c1-18-11-12-21(15-19(18)2)31-14-13-30-17-20(22-7-3-5-9-24(22)30)16-27-29-26-28-23-8-4-6-10-25(23)32-26/h3-12,15-17H,13-14H2,1-2H3,(H,28,29)/b27-16-. The molecule has 0 unspecified atom stereocenters. The molecule has 5 rings (SSSR count). The fourth-order valence-corrected chi connectivity index (χ4v) is 4.52. The smallest absolute Gasteiger partial charge is 0.204 e. The molecule has 5 nitrogen and oxygen atoms in total. The van der Waals surface area contributed by atoms with Crippen molar-refractivity contribution in [1.29, 1.82) is 0 Å². The van der Waals surface area contributed by atoms with Crippen molar-refractivity contribution >= 4 is 43.8 Å². The van der Waals surface area contributed by atoms with E-state index in [1.54, 1.807) is 11.3 Å². The lowest BCUT2D eigenvalue weighted by Gasteiger charge is -2.10. The first-order valence-corrected chi connectivity index (χ1v) is 11.4. The lowest BCUT2D eigenvalue weighted by Crippen LogP contribution is -2.07. The first-order chi connectivity index (χ1) is 15.7. The molecule has 6 heteroatoms. The van der Waals surface area contributed by atoms with Gasteiger partial charge in [-0.05, 0) is 55.3 Å². The average Bonchev–Trinajstić information content (AvgIpc) is 3.38. The molecule has 32 heavy (non-hydrogen) atoms. The number of fused-ring (bicyclic) bond motifs is 2. The number of nitrogens with one attached hydrogen (secondary N) is 1. The Morgan fingerprint density at radius 2 is 1.88 bits per heavy atom. The largest absolute Gasteiger partial charge is 0.492 e. The van der Waals surface area contributed by atoms with Crippen molar-refractivity contribution < 1.29 is 4.74 Å². The topological polar surface area (TPSA) is 51.4 Å². The molecule has 1 N–H and O–H groups in total. The Bertz CT molecular complexity index is 1380. The van der Waals surface area contributed by atoms with Crippen molar-refractivity contribution in [2.75, 3.05) is 12.0 Å². The SMILES string of the molecule is Cc1ccc(OCCn2cc(/C=N\Nc3nc4ccccc4s3)c3ccccc32)cc1C. The Hall–Kier alpha value is -3.64. The van der Waals surface area contributed by atoms with Gasteiger partial charge in [0.2, 0.25) is 5.13 Å². The van der Waals surface area contributed by atoms with Gasteiger partial charge in [-0.2, -0.15) is 5.10 Å². The molecule has 0 saturated heterocycles. The average molecular weight is 441 g/mol. The van der Waals surface area contributed by atoms with E-state index in [0.717, 1.165) is 44.1 Å². The fourth-order valence-electron chi connectivity index (χ4n) is 3.71. The summed E-state index contributed by atoms with van der Waals surface area (Å²) in [7, 11) is 0. The molecule has 0 radical (unpaired) electrons. The number of hydrogen-bond donors (Lipinski definition) is 1. The van der Waals surface area contributed by atoms with E-state index in [9.17, 15) is 0 Å². The zero-order chi connectivity index (χ0) is 21.9. The summed E-state index contributed by atoms with van der Waals surface area (Å²) in [4.78, 5) is 4.56. The van der Waals surface area contributed by atoms with Gasteiger partial charge in [0.05, 0.1) is 23.0 Å². The summed E-state index contributed by atoms with van der Waals surface area (Å²) in [5.74, 6) is 0.909. The van der Waals surface area contributed by atoms with Gasteiger partial charge in [-0.1, -0.05) is 47.7 Å². The van der Waals surface area contributed by atoms with E-state index in [0.29, 0.717) is 6.61 Å². The third kappa shape index (κ3) is 4.22. The van der Waals surface area contributed by atoms with Crippen LogP contribution < -0.4 is 10.2 Å². The van der Waals surface area contributed by atoms with Crippen LogP contribution in [-0.2, 0) is 6.54 Å². The van der Waals surface area contributed by atoms with E-state index in [1.165, 1.54) is 11.1 Å². The third-order valence-corrected chi connectivity index (χ3v) is 6.50. The molecule has 0 fully saturated rings. The van der Waals surface area contributed by atoms with Crippen LogP contribution in [0.2, 0.25) is 0 Å². The van der Waals surface area contributed by atoms with Crippen LogP contribution in [0.4, 0.5) is 5.13 Å². The maximum Gasteiger partial charge on any atom is 0.204 e. The number of ether oxygens (including phenoxy) is 1. The van der Waals surface area contributed by atoms with Crippen LogP contribution in [0.25, 0.3) is 21.1 Å². The van der Waals surface area contributed by atoms with Crippen LogP contribution in [0.1, 0.15) is 16.7 Å². The summed E-state index contributed by atoms with van der Waals surface area (Å²) >= 11 is 1.59. The Morgan fingerprint density at radius 3 is 2.75 bits per heavy atom. The predicted molar refractivity (Wildman–Crippen MR) is 134 cm³/mol. The molecule has 0 amide bonds. The van der Waals surface area contributed by atoms with E-state index in [-0.39, 0.29) is 0 Å². The summed E-state index contributed by atoms with van der Waals surface area (Å²) in [5, 5.41) is 6.39. The highest BCUT2D eigenvalue weighted by atomic mass is 32.1. The zero-order valence-corrected chi connectivity index (χ0v) is 18.9. The molecule has 0 saturated carbocycles. The van der Waals surface area contributed by atoms with Gasteiger partial charge in [0.1, 0.15) is 12.4 Å². The summed E-state index contributed by atoms with van der Waals surface area (Å²) < 4.78 is 9.36. The highest BCUT2D eigenvalue weighted by molar-refractivity contribution is 7.22. The molecule has 0 aliphatic heterocycles. The summed E-state index contributed by atoms with van der Waals surface area (Å²) in [6, 6.07) is 22.7.